The van der Waals surface area contributed by atoms with Crippen LogP contribution in [0.15, 0.2) is 29.5 Å². The second-order valence-corrected chi connectivity index (χ2v) is 7.16. The summed E-state index contributed by atoms with van der Waals surface area (Å²) in [4.78, 5) is 14.2. The Labute approximate surface area is 159 Å². The molecule has 1 N–H and O–H groups in total. The summed E-state index contributed by atoms with van der Waals surface area (Å²) in [6.45, 7) is 3.56. The Bertz CT molecular complexity index is 884. The molecule has 1 aromatic carbocycles. The molecule has 27 heavy (non-hydrogen) atoms. The first-order valence-electron chi connectivity index (χ1n) is 9.18. The Morgan fingerprint density at radius 3 is 2.26 bits per heavy atom. The Morgan fingerprint density at radius 2 is 1.74 bits per heavy atom. The molecule has 0 unspecified atom stereocenters. The molecule has 6 heteroatoms. The Hall–Kier alpha value is -3.30. The number of nitrogens with zero attached hydrogens (tertiary/aromatic N) is 4. The third kappa shape index (κ3) is 4.10. The minimum Gasteiger partial charge on any atom is -0.345 e. The van der Waals surface area contributed by atoms with Crippen molar-refractivity contribution in [2.45, 2.75) is 38.5 Å². The topological polar surface area (TPSA) is 104 Å². The summed E-state index contributed by atoms with van der Waals surface area (Å²) in [6.07, 6.45) is 4.01. The lowest BCUT2D eigenvalue weighted by Crippen LogP contribution is -2.38. The molecular formula is C21H21N5O. The molecule has 1 aromatic rings. The van der Waals surface area contributed by atoms with Gasteiger partial charge in [-0.15, -0.1) is 0 Å². The SMILES string of the molecule is Cc1cc(C2CCN(C(=O)C3CC3)CC2)ccc1NC(C#N)=C(C#N)C#N. The van der Waals surface area contributed by atoms with E-state index in [0.29, 0.717) is 17.5 Å². The van der Waals surface area contributed by atoms with Gasteiger partial charge in [-0.3, -0.25) is 4.79 Å². The third-order valence-corrected chi connectivity index (χ3v) is 5.30. The number of hydrogen-bond acceptors (Lipinski definition) is 5. The van der Waals surface area contributed by atoms with Gasteiger partial charge >= 0.3 is 0 Å². The lowest BCUT2D eigenvalue weighted by atomic mass is 9.88. The predicted molar refractivity (Wildman–Crippen MR) is 99.9 cm³/mol. The van der Waals surface area contributed by atoms with Crippen LogP contribution >= 0.6 is 0 Å². The third-order valence-electron chi connectivity index (χ3n) is 5.30. The first-order chi connectivity index (χ1) is 13.1. The molecule has 0 aromatic heterocycles. The molecule has 2 fully saturated rings. The molecule has 0 atom stereocenters. The van der Waals surface area contributed by atoms with E-state index in [9.17, 15) is 10.1 Å². The number of carbonyl (C=O) groups is 1. The summed E-state index contributed by atoms with van der Waals surface area (Å²) in [5.41, 5.74) is 2.61. The Kier molecular flexibility index (Phi) is 5.43. The lowest BCUT2D eigenvalue weighted by molar-refractivity contribution is -0.133. The van der Waals surface area contributed by atoms with Crippen molar-refractivity contribution in [3.05, 3.63) is 40.6 Å². The van der Waals surface area contributed by atoms with Gasteiger partial charge in [0.1, 0.15) is 23.9 Å². The van der Waals surface area contributed by atoms with Crippen molar-refractivity contribution in [1.29, 1.82) is 15.8 Å². The molecule has 136 valence electrons. The van der Waals surface area contributed by atoms with Gasteiger partial charge in [0.25, 0.3) is 0 Å². The van der Waals surface area contributed by atoms with E-state index >= 15 is 0 Å². The Morgan fingerprint density at radius 1 is 1.07 bits per heavy atom. The van der Waals surface area contributed by atoms with E-state index in [-0.39, 0.29) is 17.2 Å². The average molecular weight is 359 g/mol. The van der Waals surface area contributed by atoms with E-state index in [1.165, 1.54) is 5.56 Å². The number of allylic oxidation sites excluding steroid dienone is 2. The number of rotatable bonds is 4. The van der Waals surface area contributed by atoms with Crippen molar-refractivity contribution in [3.63, 3.8) is 0 Å². The van der Waals surface area contributed by atoms with Crippen LogP contribution in [0.25, 0.3) is 0 Å². The van der Waals surface area contributed by atoms with E-state index in [1.807, 2.05) is 30.0 Å². The molecule has 2 aliphatic rings. The smallest absolute Gasteiger partial charge is 0.225 e. The predicted octanol–water partition coefficient (Wildman–Crippen LogP) is 3.35. The van der Waals surface area contributed by atoms with Crippen LogP contribution in [-0.4, -0.2) is 23.9 Å². The lowest BCUT2D eigenvalue weighted by Gasteiger charge is -2.32. The van der Waals surface area contributed by atoms with Crippen LogP contribution in [0.5, 0.6) is 0 Å². The number of carbonyl (C=O) groups excluding carboxylic acids is 1. The highest BCUT2D eigenvalue weighted by Gasteiger charge is 2.35. The molecule has 1 aliphatic carbocycles. The van der Waals surface area contributed by atoms with Crippen LogP contribution in [0.1, 0.15) is 42.7 Å². The van der Waals surface area contributed by atoms with Gasteiger partial charge in [0.2, 0.25) is 5.91 Å². The largest absolute Gasteiger partial charge is 0.345 e. The zero-order chi connectivity index (χ0) is 19.4. The monoisotopic (exact) mass is 359 g/mol. The van der Waals surface area contributed by atoms with E-state index < -0.39 is 0 Å². The molecule has 1 heterocycles. The highest BCUT2D eigenvalue weighted by molar-refractivity contribution is 5.81. The van der Waals surface area contributed by atoms with Gasteiger partial charge in [-0.1, -0.05) is 12.1 Å². The highest BCUT2D eigenvalue weighted by Crippen LogP contribution is 2.35. The molecule has 0 spiro atoms. The van der Waals surface area contributed by atoms with Gasteiger partial charge in [0.15, 0.2) is 5.57 Å². The van der Waals surface area contributed by atoms with Crippen molar-refractivity contribution < 1.29 is 4.79 Å². The number of amides is 1. The van der Waals surface area contributed by atoms with Gasteiger partial charge < -0.3 is 10.2 Å². The van der Waals surface area contributed by atoms with Crippen LogP contribution in [0, 0.1) is 46.8 Å². The maximum absolute atomic E-state index is 12.2. The van der Waals surface area contributed by atoms with Crippen LogP contribution < -0.4 is 5.32 Å². The normalized spacial score (nSPS) is 16.6. The van der Waals surface area contributed by atoms with E-state index in [1.54, 1.807) is 12.1 Å². The number of likely N-dealkylation sites (tertiary alicyclic amines) is 1. The zero-order valence-corrected chi connectivity index (χ0v) is 15.3. The van der Waals surface area contributed by atoms with Gasteiger partial charge in [-0.2, -0.15) is 15.8 Å². The molecule has 0 bridgehead atoms. The molecule has 1 aliphatic heterocycles. The zero-order valence-electron chi connectivity index (χ0n) is 15.3. The standard InChI is InChI=1S/C21H21N5O/c1-14-10-17(4-5-19(14)25-20(13-24)18(11-22)12-23)15-6-8-26(9-7-15)21(27)16-2-3-16/h4-5,10,15-16,25H,2-3,6-9H2,1H3. The number of hydrogen-bond donors (Lipinski definition) is 1. The van der Waals surface area contributed by atoms with Crippen LogP contribution in [-0.2, 0) is 4.79 Å². The number of piperidine rings is 1. The number of nitriles is 3. The summed E-state index contributed by atoms with van der Waals surface area (Å²) < 4.78 is 0. The van der Waals surface area contributed by atoms with E-state index in [4.69, 9.17) is 10.5 Å². The van der Waals surface area contributed by atoms with E-state index in [0.717, 1.165) is 44.3 Å². The summed E-state index contributed by atoms with van der Waals surface area (Å²) in [5, 5.41) is 29.9. The van der Waals surface area contributed by atoms with Crippen molar-refractivity contribution in [1.82, 2.24) is 4.90 Å². The summed E-state index contributed by atoms with van der Waals surface area (Å²) in [6, 6.07) is 11.3. The molecule has 1 saturated carbocycles. The minimum absolute atomic E-state index is 0.0391. The number of aryl methyl sites for hydroxylation is 1. The highest BCUT2D eigenvalue weighted by atomic mass is 16.2. The fourth-order valence-electron chi connectivity index (χ4n) is 3.52. The molecule has 3 rings (SSSR count). The fourth-order valence-corrected chi connectivity index (χ4v) is 3.52. The van der Waals surface area contributed by atoms with Crippen LogP contribution in [0.2, 0.25) is 0 Å². The van der Waals surface area contributed by atoms with Crippen molar-refractivity contribution in [2.24, 2.45) is 5.92 Å². The van der Waals surface area contributed by atoms with Crippen LogP contribution in [0.4, 0.5) is 5.69 Å². The second kappa shape index (κ2) is 7.94. The average Bonchev–Trinajstić information content (AvgIpc) is 3.54. The quantitative estimate of drug-likeness (QED) is 0.830. The number of benzene rings is 1. The maximum atomic E-state index is 12.2. The number of anilines is 1. The first kappa shape index (κ1) is 18.5. The molecular weight excluding hydrogens is 338 g/mol. The summed E-state index contributed by atoms with van der Waals surface area (Å²) in [5.74, 6) is 1.02. The first-order valence-corrected chi connectivity index (χ1v) is 9.18. The molecule has 1 saturated heterocycles. The fraction of sp³-hybridized carbons (Fsp3) is 0.429. The van der Waals surface area contributed by atoms with Gasteiger partial charge in [0.05, 0.1) is 0 Å². The van der Waals surface area contributed by atoms with Crippen LogP contribution in [0.3, 0.4) is 0 Å². The number of nitrogens with one attached hydrogen (secondary N) is 1. The minimum atomic E-state index is -0.228. The molecule has 1 amide bonds. The Balaban J connectivity index is 1.68. The van der Waals surface area contributed by atoms with Crippen molar-refractivity contribution >= 4 is 11.6 Å². The molecule has 0 radical (unpaired) electrons. The van der Waals surface area contributed by atoms with Gasteiger partial charge in [-0.25, -0.2) is 0 Å². The van der Waals surface area contributed by atoms with Gasteiger partial charge in [-0.05, 0) is 55.7 Å². The summed E-state index contributed by atoms with van der Waals surface area (Å²) >= 11 is 0. The molecule has 6 nitrogen and oxygen atoms in total. The van der Waals surface area contributed by atoms with Gasteiger partial charge in [0, 0.05) is 24.7 Å². The summed E-state index contributed by atoms with van der Waals surface area (Å²) in [7, 11) is 0. The maximum Gasteiger partial charge on any atom is 0.225 e. The van der Waals surface area contributed by atoms with E-state index in [2.05, 4.69) is 11.4 Å². The van der Waals surface area contributed by atoms with Crippen molar-refractivity contribution in [2.75, 3.05) is 18.4 Å². The second-order valence-electron chi connectivity index (χ2n) is 7.16. The van der Waals surface area contributed by atoms with Crippen molar-refractivity contribution in [3.8, 4) is 18.2 Å².